The number of halogens is 3. The lowest BCUT2D eigenvalue weighted by atomic mass is 9.96. The van der Waals surface area contributed by atoms with E-state index in [-0.39, 0.29) is 23.5 Å². The molecule has 1 saturated carbocycles. The van der Waals surface area contributed by atoms with Gasteiger partial charge >= 0.3 is 6.18 Å². The van der Waals surface area contributed by atoms with Gasteiger partial charge in [0.15, 0.2) is 5.65 Å². The molecule has 0 bridgehead atoms. The van der Waals surface area contributed by atoms with Crippen molar-refractivity contribution in [1.29, 1.82) is 0 Å². The summed E-state index contributed by atoms with van der Waals surface area (Å²) in [5, 5.41) is 4.09. The minimum Gasteiger partial charge on any atom is -0.302 e. The lowest BCUT2D eigenvalue weighted by Crippen LogP contribution is -2.26. The Balaban J connectivity index is 1.70. The maximum Gasteiger partial charge on any atom is 0.433 e. The van der Waals surface area contributed by atoms with Gasteiger partial charge in [-0.05, 0) is 37.1 Å². The fraction of sp³-hybridized carbons (Fsp3) is 0.421. The fourth-order valence-electron chi connectivity index (χ4n) is 4.16. The van der Waals surface area contributed by atoms with Crippen molar-refractivity contribution in [1.82, 2.24) is 20.0 Å². The van der Waals surface area contributed by atoms with E-state index in [4.69, 9.17) is 0 Å². The number of aromatic nitrogens is 3. The first-order chi connectivity index (χ1) is 13.0. The van der Waals surface area contributed by atoms with Crippen molar-refractivity contribution >= 4 is 23.1 Å². The second kappa shape index (κ2) is 5.94. The molecule has 3 aliphatic rings. The highest BCUT2D eigenvalue weighted by Crippen LogP contribution is 2.38. The van der Waals surface area contributed by atoms with Crippen molar-refractivity contribution in [3.8, 4) is 0 Å². The minimum absolute atomic E-state index is 0.0738. The molecule has 3 heterocycles. The van der Waals surface area contributed by atoms with E-state index < -0.39 is 11.9 Å². The van der Waals surface area contributed by atoms with E-state index in [2.05, 4.69) is 20.5 Å². The predicted molar refractivity (Wildman–Crippen MR) is 96.1 cm³/mol. The van der Waals surface area contributed by atoms with E-state index >= 15 is 0 Å². The molecule has 2 aromatic rings. The van der Waals surface area contributed by atoms with E-state index in [0.29, 0.717) is 5.52 Å². The first-order valence-electron chi connectivity index (χ1n) is 9.16. The highest BCUT2D eigenvalue weighted by molar-refractivity contribution is 5.81. The van der Waals surface area contributed by atoms with Gasteiger partial charge in [-0.2, -0.15) is 18.3 Å². The van der Waals surface area contributed by atoms with Crippen molar-refractivity contribution in [2.45, 2.75) is 43.8 Å². The summed E-state index contributed by atoms with van der Waals surface area (Å²) < 4.78 is 41.5. The van der Waals surface area contributed by atoms with Crippen LogP contribution < -0.4 is 5.43 Å². The fourth-order valence-corrected chi connectivity index (χ4v) is 4.16. The molecule has 27 heavy (non-hydrogen) atoms. The zero-order valence-electron chi connectivity index (χ0n) is 14.4. The highest BCUT2D eigenvalue weighted by Gasteiger charge is 2.34. The molecule has 0 spiro atoms. The van der Waals surface area contributed by atoms with Gasteiger partial charge in [-0.3, -0.25) is 4.57 Å². The highest BCUT2D eigenvalue weighted by atomic mass is 19.4. The van der Waals surface area contributed by atoms with E-state index in [9.17, 15) is 13.2 Å². The smallest absolute Gasteiger partial charge is 0.302 e. The molecule has 140 valence electrons. The lowest BCUT2D eigenvalue weighted by molar-refractivity contribution is -0.141. The third-order valence-corrected chi connectivity index (χ3v) is 5.52. The Morgan fingerprint density at radius 3 is 2.70 bits per heavy atom. The molecule has 1 aliphatic heterocycles. The number of hydrogen-bond acceptors (Lipinski definition) is 4. The molecule has 1 N–H and O–H groups in total. The maximum atomic E-state index is 13.2. The van der Waals surface area contributed by atoms with Crippen LogP contribution in [-0.4, -0.2) is 26.8 Å². The number of hydrazone groups is 1. The summed E-state index contributed by atoms with van der Waals surface area (Å²) in [7, 11) is 0. The van der Waals surface area contributed by atoms with E-state index in [1.54, 1.807) is 0 Å². The Hall–Kier alpha value is -2.64. The first kappa shape index (κ1) is 16.5. The minimum atomic E-state index is -4.49. The average molecular weight is 373 g/mol. The van der Waals surface area contributed by atoms with Gasteiger partial charge < -0.3 is 5.43 Å². The number of allylic oxidation sites excluding steroid dienone is 2. The standard InChI is InChI=1S/C19H18F3N5/c20-19(21,22)16-8-7-15-18(25-16)27(17(24-15)11-3-1-2-4-11)13-5-6-14-12(9-13)10-23-26-14/h5-12,14,26H,1-4H2. The van der Waals surface area contributed by atoms with Gasteiger partial charge in [-0.25, -0.2) is 9.97 Å². The Kier molecular flexibility index (Phi) is 3.63. The summed E-state index contributed by atoms with van der Waals surface area (Å²) >= 11 is 0. The van der Waals surface area contributed by atoms with Gasteiger partial charge in [-0.15, -0.1) is 0 Å². The zero-order valence-corrected chi connectivity index (χ0v) is 14.4. The van der Waals surface area contributed by atoms with E-state index in [1.807, 2.05) is 29.0 Å². The Bertz CT molecular complexity index is 979. The normalized spacial score (nSPS) is 25.1. The van der Waals surface area contributed by atoms with Crippen LogP contribution in [0.2, 0.25) is 0 Å². The molecule has 2 aliphatic carbocycles. The molecule has 5 rings (SSSR count). The SMILES string of the molecule is FC(F)(F)c1ccc2nc(C3CCCC3)n(C3=CC4C=NNC4C=C3)c2n1. The second-order valence-corrected chi connectivity index (χ2v) is 7.28. The summed E-state index contributed by atoms with van der Waals surface area (Å²) in [6.45, 7) is 0. The van der Waals surface area contributed by atoms with Gasteiger partial charge in [-0.1, -0.05) is 18.9 Å². The van der Waals surface area contributed by atoms with Crippen molar-refractivity contribution < 1.29 is 13.2 Å². The van der Waals surface area contributed by atoms with Crippen molar-refractivity contribution in [3.63, 3.8) is 0 Å². The molecule has 1 fully saturated rings. The van der Waals surface area contributed by atoms with Gasteiger partial charge in [0.25, 0.3) is 0 Å². The predicted octanol–water partition coefficient (Wildman–Crippen LogP) is 4.09. The number of imidazole rings is 1. The molecule has 8 heteroatoms. The van der Waals surface area contributed by atoms with Crippen molar-refractivity contribution in [2.75, 3.05) is 0 Å². The monoisotopic (exact) mass is 373 g/mol. The first-order valence-corrected chi connectivity index (χ1v) is 9.16. The Morgan fingerprint density at radius 2 is 1.93 bits per heavy atom. The summed E-state index contributed by atoms with van der Waals surface area (Å²) in [5.41, 5.74) is 3.69. The van der Waals surface area contributed by atoms with Crippen LogP contribution in [-0.2, 0) is 6.18 Å². The van der Waals surface area contributed by atoms with Crippen LogP contribution in [0.3, 0.4) is 0 Å². The number of rotatable bonds is 2. The largest absolute Gasteiger partial charge is 0.433 e. The number of nitrogens with one attached hydrogen (secondary N) is 1. The molecular weight excluding hydrogens is 355 g/mol. The molecule has 2 aromatic heterocycles. The van der Waals surface area contributed by atoms with Crippen LogP contribution in [0.25, 0.3) is 16.9 Å². The second-order valence-electron chi connectivity index (χ2n) is 7.28. The lowest BCUT2D eigenvalue weighted by Gasteiger charge is -2.21. The Morgan fingerprint density at radius 1 is 1.11 bits per heavy atom. The van der Waals surface area contributed by atoms with Crippen LogP contribution in [0, 0.1) is 5.92 Å². The van der Waals surface area contributed by atoms with Gasteiger partial charge in [0, 0.05) is 23.7 Å². The maximum absolute atomic E-state index is 13.2. The summed E-state index contributed by atoms with van der Waals surface area (Å²) in [6.07, 6.45) is 7.50. The number of fused-ring (bicyclic) bond motifs is 2. The van der Waals surface area contributed by atoms with Crippen LogP contribution in [0.5, 0.6) is 0 Å². The van der Waals surface area contributed by atoms with Crippen LogP contribution >= 0.6 is 0 Å². The molecule has 0 radical (unpaired) electrons. The van der Waals surface area contributed by atoms with E-state index in [0.717, 1.165) is 43.3 Å². The number of alkyl halides is 3. The molecule has 0 amide bonds. The molecule has 0 aromatic carbocycles. The molecule has 0 saturated heterocycles. The Labute approximate surface area is 153 Å². The topological polar surface area (TPSA) is 55.1 Å². The number of nitrogens with zero attached hydrogens (tertiary/aromatic N) is 4. The van der Waals surface area contributed by atoms with Gasteiger partial charge in [0.1, 0.15) is 17.0 Å². The van der Waals surface area contributed by atoms with Crippen LogP contribution in [0.15, 0.2) is 35.5 Å². The summed E-state index contributed by atoms with van der Waals surface area (Å²) in [4.78, 5) is 8.64. The third kappa shape index (κ3) is 2.74. The quantitative estimate of drug-likeness (QED) is 0.863. The van der Waals surface area contributed by atoms with Crippen LogP contribution in [0.4, 0.5) is 13.2 Å². The average Bonchev–Trinajstić information content (AvgIpc) is 3.37. The number of hydrogen-bond donors (Lipinski definition) is 1. The molecule has 2 atom stereocenters. The van der Waals surface area contributed by atoms with Crippen molar-refractivity contribution in [3.05, 3.63) is 41.9 Å². The molecular formula is C19H18F3N5. The summed E-state index contributed by atoms with van der Waals surface area (Å²) in [6, 6.07) is 2.53. The number of pyridine rings is 1. The van der Waals surface area contributed by atoms with Gasteiger partial charge in [0.05, 0.1) is 6.04 Å². The van der Waals surface area contributed by atoms with Crippen molar-refractivity contribution in [2.24, 2.45) is 11.0 Å². The third-order valence-electron chi connectivity index (χ3n) is 5.52. The summed E-state index contributed by atoms with van der Waals surface area (Å²) in [5.74, 6) is 1.13. The molecule has 2 unspecified atom stereocenters. The van der Waals surface area contributed by atoms with Gasteiger partial charge in [0.2, 0.25) is 0 Å². The zero-order chi connectivity index (χ0) is 18.6. The van der Waals surface area contributed by atoms with Crippen LogP contribution in [0.1, 0.15) is 43.1 Å². The molecule has 5 nitrogen and oxygen atoms in total. The van der Waals surface area contributed by atoms with E-state index in [1.165, 1.54) is 6.07 Å².